The van der Waals surface area contributed by atoms with Crippen molar-refractivity contribution < 1.29 is 9.53 Å². The number of para-hydroxylation sites is 2. The first-order chi connectivity index (χ1) is 15.6. The fraction of sp³-hybridized carbons (Fsp3) is 0.407. The van der Waals surface area contributed by atoms with Crippen molar-refractivity contribution in [3.05, 3.63) is 65.2 Å². The Labute approximate surface area is 190 Å². The Balaban J connectivity index is 1.34. The van der Waals surface area contributed by atoms with E-state index < -0.39 is 0 Å². The molecule has 2 saturated heterocycles. The molecule has 0 N–H and O–H groups in total. The number of rotatable bonds is 4. The van der Waals surface area contributed by atoms with Crippen LogP contribution in [0.15, 0.2) is 48.5 Å². The third kappa shape index (κ3) is 4.04. The zero-order valence-electron chi connectivity index (χ0n) is 19.0. The van der Waals surface area contributed by atoms with Gasteiger partial charge in [-0.1, -0.05) is 36.4 Å². The van der Waals surface area contributed by atoms with Crippen molar-refractivity contribution in [2.75, 3.05) is 31.1 Å². The second-order valence-corrected chi connectivity index (χ2v) is 9.08. The number of fused-ring (bicyclic) bond motifs is 1. The number of hydrogen-bond acceptors (Lipinski definition) is 4. The van der Waals surface area contributed by atoms with E-state index in [1.807, 2.05) is 35.2 Å². The van der Waals surface area contributed by atoms with Crippen LogP contribution in [0.1, 0.15) is 47.2 Å². The van der Waals surface area contributed by atoms with Crippen molar-refractivity contribution in [1.82, 2.24) is 9.88 Å². The Morgan fingerprint density at radius 1 is 0.938 bits per heavy atom. The summed E-state index contributed by atoms with van der Waals surface area (Å²) in [5.74, 6) is 1.93. The highest BCUT2D eigenvalue weighted by molar-refractivity contribution is 6.02. The largest absolute Gasteiger partial charge is 0.490 e. The Hall–Kier alpha value is -3.08. The van der Waals surface area contributed by atoms with E-state index in [1.54, 1.807) is 0 Å². The van der Waals surface area contributed by atoms with Crippen molar-refractivity contribution in [2.24, 2.45) is 0 Å². The van der Waals surface area contributed by atoms with Crippen LogP contribution in [-0.4, -0.2) is 48.1 Å². The summed E-state index contributed by atoms with van der Waals surface area (Å²) >= 11 is 0. The molecular formula is C27H31N3O2. The maximum absolute atomic E-state index is 13.6. The first-order valence-corrected chi connectivity index (χ1v) is 11.8. The van der Waals surface area contributed by atoms with Gasteiger partial charge in [0.1, 0.15) is 17.7 Å². The number of aromatic nitrogens is 1. The average molecular weight is 430 g/mol. The van der Waals surface area contributed by atoms with Crippen molar-refractivity contribution >= 4 is 22.6 Å². The van der Waals surface area contributed by atoms with Crippen molar-refractivity contribution in [3.8, 4) is 5.75 Å². The van der Waals surface area contributed by atoms with Crippen molar-refractivity contribution in [1.29, 1.82) is 0 Å². The normalized spacial score (nSPS) is 17.2. The second-order valence-electron chi connectivity index (χ2n) is 9.08. The number of likely N-dealkylation sites (tertiary alicyclic amines) is 1. The fourth-order valence-electron chi connectivity index (χ4n) is 4.93. The molecule has 0 unspecified atom stereocenters. The smallest absolute Gasteiger partial charge is 0.257 e. The van der Waals surface area contributed by atoms with E-state index in [-0.39, 0.29) is 12.0 Å². The number of pyridine rings is 1. The summed E-state index contributed by atoms with van der Waals surface area (Å²) in [5.41, 5.74) is 4.02. The molecule has 5 rings (SSSR count). The number of piperidine rings is 1. The molecule has 2 aliphatic rings. The number of carbonyl (C=O) groups excluding carboxylic acids is 1. The SMILES string of the molecule is Cc1cccc(C)c1OC1CCN(C(=O)c2cc3ccccc3nc2N2CCCC2)CC1. The van der Waals surface area contributed by atoms with E-state index in [2.05, 4.69) is 36.9 Å². The van der Waals surface area contributed by atoms with E-state index in [9.17, 15) is 4.79 Å². The first-order valence-electron chi connectivity index (χ1n) is 11.8. The van der Waals surface area contributed by atoms with Gasteiger partial charge in [-0.25, -0.2) is 4.98 Å². The lowest BCUT2D eigenvalue weighted by Gasteiger charge is -2.33. The van der Waals surface area contributed by atoms with Crippen LogP contribution in [0.3, 0.4) is 0 Å². The minimum Gasteiger partial charge on any atom is -0.490 e. The molecule has 0 spiro atoms. The molecule has 2 aliphatic heterocycles. The molecule has 166 valence electrons. The molecular weight excluding hydrogens is 398 g/mol. The lowest BCUT2D eigenvalue weighted by atomic mass is 10.0. The van der Waals surface area contributed by atoms with E-state index in [0.717, 1.165) is 66.8 Å². The van der Waals surface area contributed by atoms with E-state index in [4.69, 9.17) is 9.72 Å². The highest BCUT2D eigenvalue weighted by atomic mass is 16.5. The number of amides is 1. The zero-order chi connectivity index (χ0) is 22.1. The van der Waals surface area contributed by atoms with Gasteiger partial charge in [-0.3, -0.25) is 4.79 Å². The fourth-order valence-corrected chi connectivity index (χ4v) is 4.93. The summed E-state index contributed by atoms with van der Waals surface area (Å²) in [6.45, 7) is 7.54. The maximum Gasteiger partial charge on any atom is 0.257 e. The zero-order valence-corrected chi connectivity index (χ0v) is 19.0. The van der Waals surface area contributed by atoms with Gasteiger partial charge in [0.2, 0.25) is 0 Å². The van der Waals surface area contributed by atoms with Crippen molar-refractivity contribution in [2.45, 2.75) is 45.6 Å². The molecule has 0 saturated carbocycles. The highest BCUT2D eigenvalue weighted by Gasteiger charge is 2.29. The van der Waals surface area contributed by atoms with Crippen LogP contribution < -0.4 is 9.64 Å². The third-order valence-electron chi connectivity index (χ3n) is 6.76. The Morgan fingerprint density at radius 3 is 2.34 bits per heavy atom. The van der Waals surface area contributed by atoms with E-state index in [0.29, 0.717) is 13.1 Å². The lowest BCUT2D eigenvalue weighted by molar-refractivity contribution is 0.0593. The summed E-state index contributed by atoms with van der Waals surface area (Å²) in [4.78, 5) is 22.8. The number of aryl methyl sites for hydroxylation is 2. The van der Waals surface area contributed by atoms with Gasteiger partial charge in [0.25, 0.3) is 5.91 Å². The van der Waals surface area contributed by atoms with Crippen molar-refractivity contribution in [3.63, 3.8) is 0 Å². The topological polar surface area (TPSA) is 45.7 Å². The van der Waals surface area contributed by atoms with Crippen LogP contribution in [0.2, 0.25) is 0 Å². The van der Waals surface area contributed by atoms with Gasteiger partial charge >= 0.3 is 0 Å². The van der Waals surface area contributed by atoms with Gasteiger partial charge in [0.05, 0.1) is 11.1 Å². The quantitative estimate of drug-likeness (QED) is 0.576. The van der Waals surface area contributed by atoms with Crippen LogP contribution in [0.4, 0.5) is 5.82 Å². The molecule has 2 aromatic carbocycles. The van der Waals surface area contributed by atoms with Crippen LogP contribution in [0.5, 0.6) is 5.75 Å². The number of benzene rings is 2. The first kappa shape index (κ1) is 20.8. The molecule has 2 fully saturated rings. The Kier molecular flexibility index (Phi) is 5.73. The monoisotopic (exact) mass is 429 g/mol. The lowest BCUT2D eigenvalue weighted by Crippen LogP contribution is -2.42. The summed E-state index contributed by atoms with van der Waals surface area (Å²) < 4.78 is 6.35. The van der Waals surface area contributed by atoms with E-state index in [1.165, 1.54) is 11.1 Å². The van der Waals surface area contributed by atoms with E-state index >= 15 is 0 Å². The maximum atomic E-state index is 13.6. The van der Waals surface area contributed by atoms with Crippen LogP contribution in [0.25, 0.3) is 10.9 Å². The molecule has 5 nitrogen and oxygen atoms in total. The Bertz CT molecular complexity index is 1110. The molecule has 0 aliphatic carbocycles. The standard InChI is InChI=1S/C27H31N3O2/c1-19-8-7-9-20(2)25(19)32-22-12-16-30(17-13-22)27(31)23-18-21-10-3-4-11-24(21)28-26(23)29-14-5-6-15-29/h3-4,7-11,18,22H,5-6,12-17H2,1-2H3. The third-order valence-corrected chi connectivity index (χ3v) is 6.76. The number of nitrogens with zero attached hydrogens (tertiary/aromatic N) is 3. The number of ether oxygens (including phenoxy) is 1. The average Bonchev–Trinajstić information content (AvgIpc) is 3.35. The van der Waals surface area contributed by atoms with Crippen LogP contribution >= 0.6 is 0 Å². The number of hydrogen-bond donors (Lipinski definition) is 0. The second kappa shape index (κ2) is 8.81. The Morgan fingerprint density at radius 2 is 1.62 bits per heavy atom. The number of carbonyl (C=O) groups is 1. The molecule has 3 aromatic rings. The van der Waals surface area contributed by atoms with Crippen LogP contribution in [0, 0.1) is 13.8 Å². The highest BCUT2D eigenvalue weighted by Crippen LogP contribution is 2.30. The molecule has 1 aromatic heterocycles. The van der Waals surface area contributed by atoms with Gasteiger partial charge in [0.15, 0.2) is 0 Å². The molecule has 1 amide bonds. The summed E-state index contributed by atoms with van der Waals surface area (Å²) in [7, 11) is 0. The van der Waals surface area contributed by atoms with Crippen LogP contribution in [-0.2, 0) is 0 Å². The van der Waals surface area contributed by atoms with Gasteiger partial charge in [-0.15, -0.1) is 0 Å². The van der Waals surface area contributed by atoms with Gasteiger partial charge in [0, 0.05) is 44.4 Å². The predicted molar refractivity (Wildman–Crippen MR) is 129 cm³/mol. The minimum atomic E-state index is 0.0932. The van der Waals surface area contributed by atoms with Gasteiger partial charge < -0.3 is 14.5 Å². The molecule has 5 heteroatoms. The molecule has 3 heterocycles. The molecule has 0 bridgehead atoms. The summed E-state index contributed by atoms with van der Waals surface area (Å²) in [6.07, 6.45) is 4.15. The molecule has 0 radical (unpaired) electrons. The predicted octanol–water partition coefficient (Wildman–Crippen LogP) is 5.14. The number of anilines is 1. The molecule has 32 heavy (non-hydrogen) atoms. The minimum absolute atomic E-state index is 0.0932. The summed E-state index contributed by atoms with van der Waals surface area (Å²) in [6, 6.07) is 16.4. The van der Waals surface area contributed by atoms with Gasteiger partial charge in [-0.05, 0) is 49.9 Å². The molecule has 0 atom stereocenters. The summed E-state index contributed by atoms with van der Waals surface area (Å²) in [5, 5.41) is 1.02. The van der Waals surface area contributed by atoms with Gasteiger partial charge in [-0.2, -0.15) is 0 Å².